The van der Waals surface area contributed by atoms with Crippen molar-refractivity contribution < 1.29 is 33.8 Å². The van der Waals surface area contributed by atoms with Gasteiger partial charge in [0.05, 0.1) is 12.5 Å². The number of ketones is 2. The second-order valence-corrected chi connectivity index (χ2v) is 5.02. The number of aliphatic carboxylic acids is 1. The Morgan fingerprint density at radius 1 is 1.11 bits per heavy atom. The van der Waals surface area contributed by atoms with Crippen molar-refractivity contribution in [3.8, 4) is 6.07 Å². The van der Waals surface area contributed by atoms with Crippen LogP contribution in [0.3, 0.4) is 0 Å². The van der Waals surface area contributed by atoms with Crippen LogP contribution in [0.5, 0.6) is 0 Å². The number of Topliss-reactive ketones (excluding diaryl/α,β-unsaturated/α-hetero) is 2. The van der Waals surface area contributed by atoms with E-state index in [9.17, 15) is 24.0 Å². The third kappa shape index (κ3) is 57.1. The Morgan fingerprint density at radius 2 is 1.50 bits per heavy atom. The van der Waals surface area contributed by atoms with Gasteiger partial charge in [0.25, 0.3) is 0 Å². The SMILES string of the molecule is C=C(CC=CC(=O)O)C(=O)OCCC#N.C=CC(N)=O.CC(C)=O.CC(C)=O. The van der Waals surface area contributed by atoms with Crippen LogP contribution < -0.4 is 5.73 Å². The highest BCUT2D eigenvalue weighted by Gasteiger charge is 2.06. The van der Waals surface area contributed by atoms with E-state index in [0.717, 1.165) is 12.2 Å². The highest BCUT2D eigenvalue weighted by atomic mass is 16.5. The van der Waals surface area contributed by atoms with Crippen LogP contribution in [0.2, 0.25) is 0 Å². The van der Waals surface area contributed by atoms with Gasteiger partial charge in [-0.05, 0) is 40.2 Å². The predicted molar refractivity (Wildman–Crippen MR) is 104 cm³/mol. The standard InChI is InChI=1S/C10H11NO4.C3H5NO.2C3H6O/c1-8(4-2-5-9(12)13)10(14)15-7-3-6-11;1-2-3(4)5;2*1-3(2)4/h2,5H,1,3-4,7H2,(H,12,13);2H,1H2,(H2,4,5);2*1-2H3. The number of carboxylic acid groups (broad SMARTS) is 1. The minimum Gasteiger partial charge on any atom is -0.478 e. The van der Waals surface area contributed by atoms with Crippen molar-refractivity contribution in [3.63, 3.8) is 0 Å². The largest absolute Gasteiger partial charge is 0.478 e. The van der Waals surface area contributed by atoms with Crippen LogP contribution in [0, 0.1) is 11.3 Å². The van der Waals surface area contributed by atoms with Crippen LogP contribution in [0.15, 0.2) is 37.0 Å². The molecule has 0 heterocycles. The number of hydrogen-bond donors (Lipinski definition) is 2. The molecule has 0 bridgehead atoms. The number of rotatable bonds is 7. The first kappa shape index (κ1) is 32.2. The number of ether oxygens (including phenoxy) is 1. The summed E-state index contributed by atoms with van der Waals surface area (Å²) in [6, 6.07) is 1.82. The summed E-state index contributed by atoms with van der Waals surface area (Å²) in [6.07, 6.45) is 3.53. The molecule has 0 rings (SSSR count). The molecule has 0 aliphatic heterocycles. The predicted octanol–water partition coefficient (Wildman–Crippen LogP) is 1.88. The van der Waals surface area contributed by atoms with E-state index in [-0.39, 0.29) is 36.6 Å². The van der Waals surface area contributed by atoms with Crippen molar-refractivity contribution in [1.29, 1.82) is 5.26 Å². The number of esters is 1. The number of carbonyl (C=O) groups is 5. The van der Waals surface area contributed by atoms with E-state index in [0.29, 0.717) is 0 Å². The summed E-state index contributed by atoms with van der Waals surface area (Å²) in [4.78, 5) is 49.5. The summed E-state index contributed by atoms with van der Waals surface area (Å²) in [6.45, 7) is 12.7. The van der Waals surface area contributed by atoms with Crippen molar-refractivity contribution in [2.45, 2.75) is 40.5 Å². The van der Waals surface area contributed by atoms with Gasteiger partial charge >= 0.3 is 11.9 Å². The number of allylic oxidation sites excluding steroid dienone is 1. The Hall–Kier alpha value is -3.54. The zero-order valence-corrected chi connectivity index (χ0v) is 16.7. The summed E-state index contributed by atoms with van der Waals surface area (Å²) in [5, 5.41) is 16.4. The van der Waals surface area contributed by atoms with Crippen LogP contribution >= 0.6 is 0 Å². The molecule has 0 aromatic rings. The number of nitrogens with zero attached hydrogens (tertiary/aromatic N) is 1. The van der Waals surface area contributed by atoms with Gasteiger partial charge in [-0.3, -0.25) is 4.79 Å². The molecule has 28 heavy (non-hydrogen) atoms. The van der Waals surface area contributed by atoms with Gasteiger partial charge in [0.1, 0.15) is 18.2 Å². The zero-order chi connectivity index (χ0) is 23.1. The number of hydrogen-bond acceptors (Lipinski definition) is 7. The fourth-order valence-corrected chi connectivity index (χ4v) is 0.677. The third-order valence-electron chi connectivity index (χ3n) is 1.56. The average Bonchev–Trinajstić information content (AvgIpc) is 2.54. The first-order chi connectivity index (χ1) is 12.8. The maximum absolute atomic E-state index is 11.1. The van der Waals surface area contributed by atoms with Gasteiger partial charge in [-0.1, -0.05) is 19.2 Å². The Morgan fingerprint density at radius 3 is 1.79 bits per heavy atom. The highest BCUT2D eigenvalue weighted by Crippen LogP contribution is 2.02. The van der Waals surface area contributed by atoms with E-state index in [2.05, 4.69) is 23.6 Å². The lowest BCUT2D eigenvalue weighted by atomic mass is 10.2. The Bertz CT molecular complexity index is 594. The monoisotopic (exact) mass is 396 g/mol. The molecular weight excluding hydrogens is 368 g/mol. The Balaban J connectivity index is -0.000000180. The number of primary amides is 1. The van der Waals surface area contributed by atoms with Crippen molar-refractivity contribution >= 4 is 29.4 Å². The topological polar surface area (TPSA) is 165 Å². The third-order valence-corrected chi connectivity index (χ3v) is 1.56. The van der Waals surface area contributed by atoms with E-state index >= 15 is 0 Å². The summed E-state index contributed by atoms with van der Waals surface area (Å²) >= 11 is 0. The smallest absolute Gasteiger partial charge is 0.333 e. The molecule has 0 aliphatic carbocycles. The molecule has 0 fully saturated rings. The van der Waals surface area contributed by atoms with E-state index in [1.165, 1.54) is 33.8 Å². The van der Waals surface area contributed by atoms with E-state index in [4.69, 9.17) is 10.4 Å². The lowest BCUT2D eigenvalue weighted by Crippen LogP contribution is -2.07. The second kappa shape index (κ2) is 23.5. The Labute approximate surface area is 165 Å². The van der Waals surface area contributed by atoms with Gasteiger partial charge < -0.3 is 25.2 Å². The lowest BCUT2D eigenvalue weighted by molar-refractivity contribution is -0.139. The van der Waals surface area contributed by atoms with Gasteiger partial charge in [0.2, 0.25) is 5.91 Å². The van der Waals surface area contributed by atoms with Crippen molar-refractivity contribution in [2.24, 2.45) is 5.73 Å². The molecule has 9 heteroatoms. The van der Waals surface area contributed by atoms with Gasteiger partial charge in [-0.25, -0.2) is 9.59 Å². The molecule has 3 N–H and O–H groups in total. The van der Waals surface area contributed by atoms with Gasteiger partial charge in [-0.2, -0.15) is 5.26 Å². The van der Waals surface area contributed by atoms with Gasteiger partial charge in [-0.15, -0.1) is 0 Å². The second-order valence-electron chi connectivity index (χ2n) is 5.02. The minimum absolute atomic E-state index is 0.0248. The molecule has 0 aliphatic rings. The molecular formula is C19H28N2O7. The van der Waals surface area contributed by atoms with E-state index in [1.54, 1.807) is 0 Å². The van der Waals surface area contributed by atoms with Gasteiger partial charge in [0, 0.05) is 11.6 Å². The number of nitrogens with two attached hydrogens (primary N) is 1. The van der Waals surface area contributed by atoms with Gasteiger partial charge in [0.15, 0.2) is 0 Å². The summed E-state index contributed by atoms with van der Waals surface area (Å²) in [5.41, 5.74) is 4.69. The fourth-order valence-electron chi connectivity index (χ4n) is 0.677. The normalized spacial score (nSPS) is 8.11. The molecule has 0 aromatic carbocycles. The molecule has 1 amide bonds. The quantitative estimate of drug-likeness (QED) is 0.374. The average molecular weight is 396 g/mol. The maximum Gasteiger partial charge on any atom is 0.333 e. The molecule has 0 radical (unpaired) electrons. The molecule has 0 saturated heterocycles. The summed E-state index contributed by atoms with van der Waals surface area (Å²) < 4.78 is 4.66. The molecule has 156 valence electrons. The van der Waals surface area contributed by atoms with Crippen molar-refractivity contribution in [2.75, 3.05) is 6.61 Å². The number of carbonyl (C=O) groups excluding carboxylic acids is 4. The fraction of sp³-hybridized carbons (Fsp3) is 0.368. The molecule has 0 saturated carbocycles. The molecule has 9 nitrogen and oxygen atoms in total. The minimum atomic E-state index is -1.08. The first-order valence-electron chi connectivity index (χ1n) is 7.79. The van der Waals surface area contributed by atoms with Crippen LogP contribution in [0.25, 0.3) is 0 Å². The lowest BCUT2D eigenvalue weighted by Gasteiger charge is -2.02. The molecule has 0 unspecified atom stereocenters. The summed E-state index contributed by atoms with van der Waals surface area (Å²) in [7, 11) is 0. The van der Waals surface area contributed by atoms with Crippen molar-refractivity contribution in [3.05, 3.63) is 37.0 Å². The van der Waals surface area contributed by atoms with Crippen molar-refractivity contribution in [1.82, 2.24) is 0 Å². The number of carboxylic acids is 1. The van der Waals surface area contributed by atoms with E-state index in [1.807, 2.05) is 6.07 Å². The van der Waals surface area contributed by atoms with Crippen LogP contribution in [-0.2, 0) is 28.7 Å². The zero-order valence-electron chi connectivity index (χ0n) is 16.7. The number of nitriles is 1. The van der Waals surface area contributed by atoms with Crippen LogP contribution in [0.4, 0.5) is 0 Å². The highest BCUT2D eigenvalue weighted by molar-refractivity contribution is 5.88. The molecule has 0 aromatic heterocycles. The summed E-state index contributed by atoms with van der Waals surface area (Å²) in [5.74, 6) is -1.84. The van der Waals surface area contributed by atoms with Crippen LogP contribution in [-0.4, -0.2) is 41.1 Å². The first-order valence-corrected chi connectivity index (χ1v) is 7.79. The Kier molecular flexibility index (Phi) is 26.9. The molecule has 0 spiro atoms. The van der Waals surface area contributed by atoms with E-state index < -0.39 is 17.8 Å². The number of amides is 1. The molecule has 0 atom stereocenters. The maximum atomic E-state index is 11.1. The van der Waals surface area contributed by atoms with Crippen LogP contribution in [0.1, 0.15) is 40.5 Å².